The van der Waals surface area contributed by atoms with Crippen LogP contribution in [0.25, 0.3) is 0 Å². The van der Waals surface area contributed by atoms with Crippen LogP contribution in [-0.2, 0) is 4.79 Å². The lowest BCUT2D eigenvalue weighted by Gasteiger charge is -2.61. The van der Waals surface area contributed by atoms with E-state index in [1.54, 1.807) is 0 Å². The highest BCUT2D eigenvalue weighted by atomic mass is 79.9. The van der Waals surface area contributed by atoms with E-state index in [2.05, 4.69) is 15.9 Å². The molecule has 4 fully saturated rings. The molecule has 0 amide bonds. The zero-order valence-corrected chi connectivity index (χ0v) is 10.7. The quantitative estimate of drug-likeness (QED) is 0.766. The minimum Gasteiger partial charge on any atom is -0.480 e. The van der Waals surface area contributed by atoms with Gasteiger partial charge in [-0.1, -0.05) is 15.9 Å². The van der Waals surface area contributed by atoms with Gasteiger partial charge in [0.15, 0.2) is 0 Å². The predicted molar refractivity (Wildman–Crippen MR) is 62.4 cm³/mol. The molecular weight excluding hydrogens is 272 g/mol. The number of carbonyl (C=O) groups is 1. The molecule has 3 nitrogen and oxygen atoms in total. The van der Waals surface area contributed by atoms with Crippen molar-refractivity contribution in [2.75, 3.05) is 0 Å². The minimum absolute atomic E-state index is 0.190. The Hall–Kier alpha value is -0.0900. The molecule has 0 aliphatic heterocycles. The molecule has 4 aliphatic carbocycles. The van der Waals surface area contributed by atoms with Crippen molar-refractivity contribution in [3.8, 4) is 0 Å². The fourth-order valence-corrected chi connectivity index (χ4v) is 5.38. The fraction of sp³-hybridized carbons (Fsp3) is 0.917. The molecule has 4 saturated carbocycles. The Labute approximate surface area is 103 Å². The number of halogens is 1. The Morgan fingerprint density at radius 2 is 1.81 bits per heavy atom. The highest BCUT2D eigenvalue weighted by Crippen LogP contribution is 2.63. The second-order valence-electron chi connectivity index (χ2n) is 6.25. The maximum Gasteiger partial charge on any atom is 0.317 e. The Kier molecular flexibility index (Phi) is 2.22. The van der Waals surface area contributed by atoms with Gasteiger partial charge in [0.2, 0.25) is 0 Å². The SMILES string of the molecule is O=C(O)C(Br)C12C[C@@H]3C[C@@H](CC(O)(C3)C1)C2. The van der Waals surface area contributed by atoms with E-state index in [9.17, 15) is 15.0 Å². The highest BCUT2D eigenvalue weighted by Gasteiger charge is 2.60. The third-order valence-electron chi connectivity index (χ3n) is 4.83. The van der Waals surface area contributed by atoms with Crippen molar-refractivity contribution in [3.05, 3.63) is 0 Å². The zero-order valence-electron chi connectivity index (χ0n) is 9.16. The molecule has 2 N–H and O–H groups in total. The predicted octanol–water partition coefficient (Wildman–Crippen LogP) is 2.17. The average Bonchev–Trinajstić information content (AvgIpc) is 2.12. The van der Waals surface area contributed by atoms with Crippen LogP contribution in [0.15, 0.2) is 0 Å². The summed E-state index contributed by atoms with van der Waals surface area (Å²) in [7, 11) is 0. The third-order valence-corrected chi connectivity index (χ3v) is 6.19. The summed E-state index contributed by atoms with van der Waals surface area (Å²) in [5.74, 6) is 0.321. The lowest BCUT2D eigenvalue weighted by Crippen LogP contribution is -2.59. The highest BCUT2D eigenvalue weighted by molar-refractivity contribution is 9.10. The molecule has 4 bridgehead atoms. The van der Waals surface area contributed by atoms with Gasteiger partial charge >= 0.3 is 5.97 Å². The first-order chi connectivity index (χ1) is 7.42. The van der Waals surface area contributed by atoms with Crippen LogP contribution in [0, 0.1) is 17.3 Å². The molecule has 4 rings (SSSR count). The van der Waals surface area contributed by atoms with E-state index in [0.717, 1.165) is 25.7 Å². The first-order valence-corrected chi connectivity index (χ1v) is 6.93. The number of alkyl halides is 1. The van der Waals surface area contributed by atoms with Gasteiger partial charge in [0.25, 0.3) is 0 Å². The summed E-state index contributed by atoms with van der Waals surface area (Å²) >= 11 is 3.34. The van der Waals surface area contributed by atoms with Gasteiger partial charge in [0.05, 0.1) is 5.60 Å². The first kappa shape index (κ1) is 11.0. The number of carboxylic acid groups (broad SMARTS) is 1. The molecule has 5 atom stereocenters. The molecule has 0 saturated heterocycles. The number of rotatable bonds is 2. The molecule has 4 heteroatoms. The van der Waals surface area contributed by atoms with Crippen LogP contribution in [0.2, 0.25) is 0 Å². The lowest BCUT2D eigenvalue weighted by molar-refractivity contribution is -0.171. The molecule has 90 valence electrons. The van der Waals surface area contributed by atoms with E-state index < -0.39 is 16.4 Å². The summed E-state index contributed by atoms with van der Waals surface area (Å²) in [4.78, 5) is 10.7. The topological polar surface area (TPSA) is 57.5 Å². The Morgan fingerprint density at radius 3 is 2.25 bits per heavy atom. The van der Waals surface area contributed by atoms with E-state index in [-0.39, 0.29) is 5.41 Å². The minimum atomic E-state index is -0.773. The van der Waals surface area contributed by atoms with Crippen molar-refractivity contribution in [2.24, 2.45) is 17.3 Å². The van der Waals surface area contributed by atoms with Crippen LogP contribution < -0.4 is 0 Å². The summed E-state index contributed by atoms with van der Waals surface area (Å²) in [6.45, 7) is 0. The Bertz CT molecular complexity index is 327. The van der Waals surface area contributed by atoms with E-state index >= 15 is 0 Å². The van der Waals surface area contributed by atoms with Crippen molar-refractivity contribution in [1.82, 2.24) is 0 Å². The van der Waals surface area contributed by atoms with Gasteiger partial charge in [-0.3, -0.25) is 4.79 Å². The van der Waals surface area contributed by atoms with Crippen LogP contribution in [0.1, 0.15) is 38.5 Å². The van der Waals surface area contributed by atoms with Crippen LogP contribution in [0.3, 0.4) is 0 Å². The molecule has 4 aliphatic rings. The Morgan fingerprint density at radius 1 is 1.25 bits per heavy atom. The van der Waals surface area contributed by atoms with Gasteiger partial charge in [-0.05, 0) is 55.8 Å². The second-order valence-corrected chi connectivity index (χ2v) is 7.16. The maximum atomic E-state index is 11.2. The van der Waals surface area contributed by atoms with Crippen LogP contribution >= 0.6 is 15.9 Å². The van der Waals surface area contributed by atoms with Crippen LogP contribution in [0.5, 0.6) is 0 Å². The summed E-state index contributed by atoms with van der Waals surface area (Å²) in [5.41, 5.74) is -0.754. The molecule has 0 aromatic carbocycles. The van der Waals surface area contributed by atoms with Crippen LogP contribution in [-0.4, -0.2) is 26.6 Å². The van der Waals surface area contributed by atoms with Gasteiger partial charge in [0, 0.05) is 0 Å². The van der Waals surface area contributed by atoms with Gasteiger partial charge in [-0.25, -0.2) is 0 Å². The van der Waals surface area contributed by atoms with E-state index in [0.29, 0.717) is 18.3 Å². The first-order valence-electron chi connectivity index (χ1n) is 6.02. The molecule has 0 aromatic heterocycles. The summed E-state index contributed by atoms with van der Waals surface area (Å²) in [6.07, 6.45) is 5.62. The van der Waals surface area contributed by atoms with Gasteiger partial charge in [0.1, 0.15) is 4.83 Å². The smallest absolute Gasteiger partial charge is 0.317 e. The van der Waals surface area contributed by atoms with E-state index in [1.165, 1.54) is 6.42 Å². The van der Waals surface area contributed by atoms with Gasteiger partial charge in [-0.15, -0.1) is 0 Å². The second kappa shape index (κ2) is 3.22. The molecule has 0 radical (unpaired) electrons. The number of aliphatic hydroxyl groups is 1. The average molecular weight is 289 g/mol. The van der Waals surface area contributed by atoms with Crippen molar-refractivity contribution in [3.63, 3.8) is 0 Å². The molecule has 3 unspecified atom stereocenters. The van der Waals surface area contributed by atoms with Crippen molar-refractivity contribution >= 4 is 21.9 Å². The molecule has 0 aromatic rings. The Balaban J connectivity index is 1.94. The lowest BCUT2D eigenvalue weighted by atomic mass is 9.47. The summed E-state index contributed by atoms with van der Waals surface area (Å²) in [6, 6.07) is 0. The molecule has 16 heavy (non-hydrogen) atoms. The van der Waals surface area contributed by atoms with Crippen LogP contribution in [0.4, 0.5) is 0 Å². The number of hydrogen-bond acceptors (Lipinski definition) is 2. The number of hydrogen-bond donors (Lipinski definition) is 2. The largest absolute Gasteiger partial charge is 0.480 e. The normalized spacial score (nSPS) is 51.6. The number of aliphatic carboxylic acids is 1. The number of carboxylic acids is 1. The monoisotopic (exact) mass is 288 g/mol. The van der Waals surface area contributed by atoms with Gasteiger partial charge in [-0.2, -0.15) is 0 Å². The molecule has 0 spiro atoms. The van der Waals surface area contributed by atoms with Crippen molar-refractivity contribution in [2.45, 2.75) is 49.0 Å². The van der Waals surface area contributed by atoms with Gasteiger partial charge < -0.3 is 10.2 Å². The molecule has 0 heterocycles. The summed E-state index contributed by atoms with van der Waals surface area (Å²) < 4.78 is 0. The zero-order chi connectivity index (χ0) is 11.6. The molecular formula is C12H17BrO3. The summed E-state index contributed by atoms with van der Waals surface area (Å²) in [5, 5.41) is 19.7. The van der Waals surface area contributed by atoms with E-state index in [4.69, 9.17) is 0 Å². The maximum absolute atomic E-state index is 11.2. The third kappa shape index (κ3) is 1.46. The fourth-order valence-electron chi connectivity index (χ4n) is 4.84. The van der Waals surface area contributed by atoms with Crippen molar-refractivity contribution < 1.29 is 15.0 Å². The van der Waals surface area contributed by atoms with E-state index in [1.807, 2.05) is 0 Å². The standard InChI is InChI=1S/C12H17BrO3/c13-9(10(14)15)11-2-7-1-8(3-11)5-12(16,4-7)6-11/h7-9,16H,1-6H2,(H,14,15)/t7-,8+,9?,11?,12?. The van der Waals surface area contributed by atoms with Crippen molar-refractivity contribution in [1.29, 1.82) is 0 Å².